The van der Waals surface area contributed by atoms with Gasteiger partial charge in [0, 0.05) is 0 Å². The quantitative estimate of drug-likeness (QED) is 0.515. The summed E-state index contributed by atoms with van der Waals surface area (Å²) >= 11 is 0. The molecule has 8 bridgehead atoms. The van der Waals surface area contributed by atoms with Gasteiger partial charge in [-0.25, -0.2) is 4.98 Å². The van der Waals surface area contributed by atoms with Crippen molar-refractivity contribution in [3.8, 4) is 0 Å². The van der Waals surface area contributed by atoms with Crippen LogP contribution in [0, 0.1) is 44.3 Å². The van der Waals surface area contributed by atoms with Crippen molar-refractivity contribution in [2.75, 3.05) is 10.6 Å². The molecule has 0 saturated heterocycles. The lowest BCUT2D eigenvalue weighted by atomic mass is 9.40. The first-order chi connectivity index (χ1) is 16.8. The van der Waals surface area contributed by atoms with Gasteiger partial charge in [0.2, 0.25) is 11.8 Å². The molecule has 0 aromatic carbocycles. The molecule has 8 fully saturated rings. The number of aromatic nitrogens is 2. The Morgan fingerprint density at radius 3 is 1.33 bits per heavy atom. The van der Waals surface area contributed by atoms with E-state index in [0.717, 1.165) is 38.5 Å². The fourth-order valence-corrected chi connectivity index (χ4v) is 12.4. The van der Waals surface area contributed by atoms with Gasteiger partial charge in [-0.2, -0.15) is 0 Å². The fourth-order valence-electron chi connectivity index (χ4n) is 12.4. The highest BCUT2D eigenvalue weighted by atomic mass is 16.2. The Hall–Kier alpha value is -1.98. The summed E-state index contributed by atoms with van der Waals surface area (Å²) in [7, 11) is 0. The van der Waals surface area contributed by atoms with Crippen LogP contribution >= 0.6 is 0 Å². The van der Waals surface area contributed by atoms with Crippen molar-refractivity contribution in [2.24, 2.45) is 44.3 Å². The molecule has 36 heavy (non-hydrogen) atoms. The van der Waals surface area contributed by atoms with E-state index in [4.69, 9.17) is 0 Å². The molecule has 8 aliphatic carbocycles. The molecule has 6 nitrogen and oxygen atoms in total. The van der Waals surface area contributed by atoms with Crippen molar-refractivity contribution in [3.05, 3.63) is 12.4 Å². The SMILES string of the molecule is CC12CC3CC(C)(C1)CC(C(=O)Nc1cncc(NC(=O)C45CC6CC(C)(CC(C)(C6)C4)C5)n1)(C3)C2. The standard InChI is InChI=1S/C30H42N4O2/c1-25-5-19-6-26(2,13-25)16-29(9-19,15-25)23(35)33-21-11-31-12-22(32-21)34-24(36)30-10-20-7-27(3,17-30)14-28(4,8-20)18-30/h11-12,19-20H,5-10,13-18H2,1-4H3,(H2,32,33,34,35,36). The van der Waals surface area contributed by atoms with Gasteiger partial charge in [-0.05, 0) is 111 Å². The van der Waals surface area contributed by atoms with Crippen LogP contribution in [0.1, 0.15) is 105 Å². The van der Waals surface area contributed by atoms with Gasteiger partial charge in [-0.15, -0.1) is 0 Å². The van der Waals surface area contributed by atoms with Crippen LogP contribution in [-0.2, 0) is 9.59 Å². The molecular weight excluding hydrogens is 448 g/mol. The van der Waals surface area contributed by atoms with Gasteiger partial charge in [0.25, 0.3) is 0 Å². The highest BCUT2D eigenvalue weighted by molar-refractivity contribution is 5.97. The monoisotopic (exact) mass is 490 g/mol. The number of carbonyl (C=O) groups excluding carboxylic acids is 2. The Morgan fingerprint density at radius 2 is 1.00 bits per heavy atom. The van der Waals surface area contributed by atoms with E-state index in [1.807, 2.05) is 0 Å². The summed E-state index contributed by atoms with van der Waals surface area (Å²) in [4.78, 5) is 36.4. The highest BCUT2D eigenvalue weighted by Crippen LogP contribution is 2.71. The highest BCUT2D eigenvalue weighted by Gasteiger charge is 2.64. The maximum absolute atomic E-state index is 13.7. The Bertz CT molecular complexity index is 1040. The van der Waals surface area contributed by atoms with Crippen LogP contribution < -0.4 is 10.6 Å². The third-order valence-electron chi connectivity index (χ3n) is 11.3. The lowest BCUT2D eigenvalue weighted by Gasteiger charge is -2.64. The van der Waals surface area contributed by atoms with Gasteiger partial charge < -0.3 is 10.6 Å². The largest absolute Gasteiger partial charge is 0.309 e. The first kappa shape index (κ1) is 23.2. The second-order valence-electron chi connectivity index (χ2n) is 16.0. The molecule has 194 valence electrons. The number of nitrogens with one attached hydrogen (secondary N) is 2. The summed E-state index contributed by atoms with van der Waals surface area (Å²) < 4.78 is 0. The lowest BCUT2D eigenvalue weighted by molar-refractivity contribution is -0.165. The van der Waals surface area contributed by atoms with Crippen LogP contribution in [0.2, 0.25) is 0 Å². The number of rotatable bonds is 4. The minimum absolute atomic E-state index is 0.101. The lowest BCUT2D eigenvalue weighted by Crippen LogP contribution is -2.58. The summed E-state index contributed by atoms with van der Waals surface area (Å²) in [6, 6.07) is 0. The second kappa shape index (κ2) is 6.91. The molecule has 9 rings (SSSR count). The van der Waals surface area contributed by atoms with E-state index in [2.05, 4.69) is 48.3 Å². The molecule has 0 aliphatic heterocycles. The van der Waals surface area contributed by atoms with Crippen LogP contribution in [0.3, 0.4) is 0 Å². The smallest absolute Gasteiger partial charge is 0.231 e. The van der Waals surface area contributed by atoms with Crippen LogP contribution in [-0.4, -0.2) is 21.8 Å². The molecule has 2 amide bonds. The fraction of sp³-hybridized carbons (Fsp3) is 0.800. The predicted molar refractivity (Wildman–Crippen MR) is 139 cm³/mol. The zero-order valence-electron chi connectivity index (χ0n) is 22.5. The molecule has 8 saturated carbocycles. The number of amides is 2. The normalized spacial score (nSPS) is 49.8. The van der Waals surface area contributed by atoms with E-state index in [1.165, 1.54) is 38.5 Å². The average Bonchev–Trinajstić information content (AvgIpc) is 2.68. The third kappa shape index (κ3) is 3.49. The number of nitrogens with zero attached hydrogens (tertiary/aromatic N) is 2. The van der Waals surface area contributed by atoms with E-state index < -0.39 is 0 Å². The number of hydrogen-bond donors (Lipinski definition) is 2. The van der Waals surface area contributed by atoms with Crippen molar-refractivity contribution in [3.63, 3.8) is 0 Å². The van der Waals surface area contributed by atoms with E-state index in [0.29, 0.717) is 23.5 Å². The zero-order chi connectivity index (χ0) is 25.2. The summed E-state index contributed by atoms with van der Waals surface area (Å²) in [6.45, 7) is 9.55. The van der Waals surface area contributed by atoms with E-state index >= 15 is 0 Å². The molecule has 0 spiro atoms. The first-order valence-electron chi connectivity index (χ1n) is 14.3. The maximum atomic E-state index is 13.7. The van der Waals surface area contributed by atoms with E-state index in [9.17, 15) is 9.59 Å². The third-order valence-corrected chi connectivity index (χ3v) is 11.3. The van der Waals surface area contributed by atoms with E-state index in [-0.39, 0.29) is 44.3 Å². The topological polar surface area (TPSA) is 84.0 Å². The predicted octanol–water partition coefficient (Wildman–Crippen LogP) is 6.35. The van der Waals surface area contributed by atoms with Gasteiger partial charge >= 0.3 is 0 Å². The molecular formula is C30H42N4O2. The van der Waals surface area contributed by atoms with Gasteiger partial charge in [0.1, 0.15) is 0 Å². The molecule has 2 N–H and O–H groups in total. The summed E-state index contributed by atoms with van der Waals surface area (Å²) in [6.07, 6.45) is 16.7. The Labute approximate surface area is 215 Å². The van der Waals surface area contributed by atoms with Gasteiger partial charge in [-0.3, -0.25) is 14.6 Å². The number of anilines is 2. The van der Waals surface area contributed by atoms with Crippen molar-refractivity contribution in [1.82, 2.24) is 9.97 Å². The molecule has 4 unspecified atom stereocenters. The van der Waals surface area contributed by atoms with Crippen molar-refractivity contribution in [2.45, 2.75) is 105 Å². The van der Waals surface area contributed by atoms with Crippen LogP contribution in [0.15, 0.2) is 12.4 Å². The molecule has 1 heterocycles. The Balaban J connectivity index is 1.09. The van der Waals surface area contributed by atoms with Crippen molar-refractivity contribution in [1.29, 1.82) is 0 Å². The Morgan fingerprint density at radius 1 is 0.639 bits per heavy atom. The number of hydrogen-bond acceptors (Lipinski definition) is 4. The summed E-state index contributed by atoms with van der Waals surface area (Å²) in [5.74, 6) is 2.42. The van der Waals surface area contributed by atoms with Crippen LogP contribution in [0.4, 0.5) is 11.6 Å². The van der Waals surface area contributed by atoms with E-state index in [1.54, 1.807) is 12.4 Å². The Kier molecular flexibility index (Phi) is 4.44. The van der Waals surface area contributed by atoms with Gasteiger partial charge in [0.15, 0.2) is 11.6 Å². The summed E-state index contributed by atoms with van der Waals surface area (Å²) in [5, 5.41) is 6.26. The molecule has 1 aromatic heterocycles. The van der Waals surface area contributed by atoms with Crippen LogP contribution in [0.5, 0.6) is 0 Å². The average molecular weight is 491 g/mol. The molecule has 8 aliphatic rings. The number of carbonyl (C=O) groups is 2. The van der Waals surface area contributed by atoms with Crippen LogP contribution in [0.25, 0.3) is 0 Å². The molecule has 1 aromatic rings. The molecule has 0 radical (unpaired) electrons. The summed E-state index contributed by atoms with van der Waals surface area (Å²) in [5.41, 5.74) is 0.508. The van der Waals surface area contributed by atoms with Gasteiger partial charge in [0.05, 0.1) is 23.2 Å². The second-order valence-corrected chi connectivity index (χ2v) is 16.0. The first-order valence-corrected chi connectivity index (χ1v) is 14.3. The van der Waals surface area contributed by atoms with Crippen molar-refractivity contribution < 1.29 is 9.59 Å². The molecule has 6 heteroatoms. The van der Waals surface area contributed by atoms with Crippen molar-refractivity contribution >= 4 is 23.5 Å². The molecule has 4 atom stereocenters. The van der Waals surface area contributed by atoms with Gasteiger partial charge in [-0.1, -0.05) is 27.7 Å². The minimum atomic E-state index is -0.298. The minimum Gasteiger partial charge on any atom is -0.309 e. The zero-order valence-corrected chi connectivity index (χ0v) is 22.5. The maximum Gasteiger partial charge on any atom is 0.231 e.